The van der Waals surface area contributed by atoms with Gasteiger partial charge in [-0.15, -0.1) is 23.5 Å². The smallest absolute Gasteiger partial charge is 0.255 e. The van der Waals surface area contributed by atoms with Gasteiger partial charge in [-0.3, -0.25) is 24.6 Å². The third kappa shape index (κ3) is 32.6. The molecule has 0 spiro atoms. The fourth-order valence-corrected chi connectivity index (χ4v) is 6.17. The number of anilines is 4. The number of thioether (sulfide) groups is 2. The highest BCUT2D eigenvalue weighted by atomic mass is 32.2. The molecule has 1 amide bonds. The molecule has 0 aliphatic carbocycles. The number of aryl methyl sites for hydroxylation is 2. The van der Waals surface area contributed by atoms with Crippen molar-refractivity contribution in [2.45, 2.75) is 90.4 Å². The molecule has 2 rings (SSSR count). The Morgan fingerprint density at radius 2 is 1.20 bits per heavy atom. The number of rotatable bonds is 19. The molecule has 0 heterocycles. The molecule has 0 saturated heterocycles. The Hall–Kier alpha value is -5.33. The van der Waals surface area contributed by atoms with Crippen LogP contribution in [0.4, 0.5) is 22.7 Å². The largest absolute Gasteiger partial charge is 0.398 e. The highest BCUT2D eigenvalue weighted by Crippen LogP contribution is 2.35. The highest BCUT2D eigenvalue weighted by Gasteiger charge is 2.14. The summed E-state index contributed by atoms with van der Waals surface area (Å²) >= 11 is 2.98. The van der Waals surface area contributed by atoms with Crippen LogP contribution in [0.3, 0.4) is 0 Å². The van der Waals surface area contributed by atoms with Crippen molar-refractivity contribution in [3.63, 3.8) is 0 Å². The second-order valence-corrected chi connectivity index (χ2v) is 15.5. The first-order valence-electron chi connectivity index (χ1n) is 19.6. The summed E-state index contributed by atoms with van der Waals surface area (Å²) in [4.78, 5) is 36.1. The summed E-state index contributed by atoms with van der Waals surface area (Å²) in [5.41, 5.74) is 53.5. The number of nitrogens with zero attached hydrogens (tertiary/aromatic N) is 3. The zero-order valence-electron chi connectivity index (χ0n) is 36.9. The van der Waals surface area contributed by atoms with E-state index in [1.165, 1.54) is 56.0 Å². The van der Waals surface area contributed by atoms with E-state index in [9.17, 15) is 9.59 Å². The number of hydrogen-bond acceptors (Lipinski definition) is 11. The van der Waals surface area contributed by atoms with E-state index >= 15 is 0 Å². The lowest BCUT2D eigenvalue weighted by molar-refractivity contribution is -0.112. The molecule has 60 heavy (non-hydrogen) atoms. The third-order valence-corrected chi connectivity index (χ3v) is 9.28. The summed E-state index contributed by atoms with van der Waals surface area (Å²) in [7, 11) is 0. The molecule has 0 saturated carbocycles. The van der Waals surface area contributed by atoms with Crippen LogP contribution in [0.15, 0.2) is 85.5 Å². The zero-order chi connectivity index (χ0) is 46.6. The van der Waals surface area contributed by atoms with Crippen LogP contribution >= 0.6 is 23.5 Å². The van der Waals surface area contributed by atoms with Gasteiger partial charge in [0, 0.05) is 39.7 Å². The van der Waals surface area contributed by atoms with Crippen LogP contribution < -0.4 is 56.9 Å². The number of aliphatic imine (C=N–C) groups is 3. The number of nitrogens with two attached hydrogens (primary N) is 9. The predicted molar refractivity (Wildman–Crippen MR) is 263 cm³/mol. The Morgan fingerprint density at radius 1 is 0.767 bits per heavy atom. The summed E-state index contributed by atoms with van der Waals surface area (Å²) in [6, 6.07) is 7.43. The maximum atomic E-state index is 12.5. The summed E-state index contributed by atoms with van der Waals surface area (Å²) in [6.45, 7) is 23.4. The number of aliphatic hydroxyl groups excluding tert-OH is 1. The summed E-state index contributed by atoms with van der Waals surface area (Å²) < 4.78 is 0. The molecule has 2 aromatic rings. The summed E-state index contributed by atoms with van der Waals surface area (Å²) in [5.74, 6) is 1.95. The first-order chi connectivity index (χ1) is 28.2. The van der Waals surface area contributed by atoms with Crippen molar-refractivity contribution in [2.24, 2.45) is 55.3 Å². The highest BCUT2D eigenvalue weighted by molar-refractivity contribution is 7.99. The molecule has 0 aliphatic rings. The van der Waals surface area contributed by atoms with Gasteiger partial charge in [0.1, 0.15) is 6.29 Å². The van der Waals surface area contributed by atoms with Crippen molar-refractivity contribution in [3.05, 3.63) is 71.8 Å². The van der Waals surface area contributed by atoms with E-state index in [0.717, 1.165) is 27.7 Å². The van der Waals surface area contributed by atoms with Crippen molar-refractivity contribution in [1.82, 2.24) is 0 Å². The average molecular weight is 874 g/mol. The lowest BCUT2D eigenvalue weighted by Gasteiger charge is -2.14. The maximum Gasteiger partial charge on any atom is 0.255 e. The molecule has 0 radical (unpaired) electrons. The van der Waals surface area contributed by atoms with E-state index in [1.54, 1.807) is 11.8 Å². The van der Waals surface area contributed by atoms with Crippen molar-refractivity contribution in [3.8, 4) is 0 Å². The van der Waals surface area contributed by atoms with Gasteiger partial charge in [0.2, 0.25) is 0 Å². The minimum Gasteiger partial charge on any atom is -0.398 e. The summed E-state index contributed by atoms with van der Waals surface area (Å²) in [6.07, 6.45) is 10.1. The van der Waals surface area contributed by atoms with E-state index < -0.39 is 5.91 Å². The molecule has 0 fully saturated rings. The van der Waals surface area contributed by atoms with Gasteiger partial charge in [-0.25, -0.2) is 0 Å². The Kier molecular flexibility index (Phi) is 36.1. The van der Waals surface area contributed by atoms with Gasteiger partial charge < -0.3 is 62.0 Å². The molecule has 0 bridgehead atoms. The number of unbranched alkanes of at least 4 members (excludes halogenated alkanes) is 2. The predicted octanol–water partition coefficient (Wildman–Crippen LogP) is 5.16. The molecular weight excluding hydrogens is 799 g/mol. The number of carbonyl (C=O) groups is 2. The number of allylic oxidation sites excluding steroid dienone is 2. The quantitative estimate of drug-likeness (QED) is 0.0127. The second-order valence-electron chi connectivity index (χ2n) is 13.3. The standard InChI is InChI=1S/C18H23N5O2S.C10H17N5S.C6H14.C5H12.C3H9N3O/c1-4-13(7-12(3)10-24)17(25)23-15-9-11(2)8-14(19)16(15)26-6-5-22-18(20)21;1-6-4-7(11)9(8(12)5-6)16-3-2-15-10(13)14;1-4-5-6(2)3;1-3-5-4-2;4-3(5)6-1-2-7/h4,7-10H,1,3,5-6,19H2,2H3,(H,23,25)(H4,20,21,22);4-5H,2-3,11-12H2,1H3,(H4,13,14,15);6H,4-5H2,1-3H3;3-5H2,1-2H3;7H,1-2H2,(H4,4,5,6)/b13-7+;;;;. The Balaban J connectivity index is -0.000000802. The topological polar surface area (TPSA) is 338 Å². The molecule has 16 nitrogen and oxygen atoms in total. The van der Waals surface area contributed by atoms with Gasteiger partial charge in [-0.1, -0.05) is 86.0 Å². The number of aliphatic hydroxyl groups is 1. The second kappa shape index (κ2) is 36.7. The maximum absolute atomic E-state index is 12.5. The van der Waals surface area contributed by atoms with E-state index in [2.05, 4.69) is 68.1 Å². The van der Waals surface area contributed by atoms with Crippen LogP contribution in [-0.4, -0.2) is 72.9 Å². The van der Waals surface area contributed by atoms with Gasteiger partial charge in [-0.2, -0.15) is 0 Å². The van der Waals surface area contributed by atoms with Crippen LogP contribution in [0, 0.1) is 19.8 Å². The van der Waals surface area contributed by atoms with Gasteiger partial charge >= 0.3 is 0 Å². The zero-order valence-corrected chi connectivity index (χ0v) is 38.6. The van der Waals surface area contributed by atoms with E-state index in [4.69, 9.17) is 56.7 Å². The third-order valence-electron chi connectivity index (χ3n) is 7.01. The molecular formula is C42H75N13O3S2. The number of nitrogens with one attached hydrogen (secondary N) is 1. The fraction of sp³-hybridized carbons (Fsp3) is 0.452. The SMILES string of the molecule is C=C/C(=C\C(=C)C=O)C(=O)Nc1cc(C)cc(N)c1SCCN=C(N)N.CCCC(C)C.CCCCC.Cc1cc(N)c(SCCN=C(N)N)c(N)c1.NC(N)=NCCO. The van der Waals surface area contributed by atoms with Crippen LogP contribution in [-0.2, 0) is 9.59 Å². The molecule has 0 aromatic heterocycles. The molecule has 0 atom stereocenters. The molecule has 18 heteroatoms. The van der Waals surface area contributed by atoms with Gasteiger partial charge in [-0.05, 0) is 61.2 Å². The number of nitrogen functional groups attached to an aromatic ring is 3. The van der Waals surface area contributed by atoms with Gasteiger partial charge in [0.05, 0.1) is 41.7 Å². The molecule has 0 aliphatic heterocycles. The van der Waals surface area contributed by atoms with Gasteiger partial charge in [0.25, 0.3) is 5.91 Å². The minimum atomic E-state index is -0.418. The molecule has 338 valence electrons. The molecule has 0 unspecified atom stereocenters. The number of hydrogen-bond donors (Lipinski definition) is 11. The number of guanidine groups is 3. The monoisotopic (exact) mass is 874 g/mol. The Bertz CT molecular complexity index is 1660. The average Bonchev–Trinajstić information content (AvgIpc) is 3.15. The lowest BCUT2D eigenvalue weighted by Crippen LogP contribution is -2.23. The van der Waals surface area contributed by atoms with Gasteiger partial charge in [0.15, 0.2) is 17.9 Å². The summed E-state index contributed by atoms with van der Waals surface area (Å²) in [5, 5.41) is 10.9. The van der Waals surface area contributed by atoms with Crippen LogP contribution in [0.1, 0.15) is 77.8 Å². The van der Waals surface area contributed by atoms with Crippen LogP contribution in [0.2, 0.25) is 0 Å². The first kappa shape index (κ1) is 59.0. The van der Waals surface area contributed by atoms with Crippen molar-refractivity contribution >= 4 is 76.3 Å². The minimum absolute atomic E-state index is 0.00208. The Labute approximate surface area is 367 Å². The molecule has 2 aromatic carbocycles. The number of benzene rings is 2. The number of carbonyl (C=O) groups excluding carboxylic acids is 2. The molecule has 20 N–H and O–H groups in total. The van der Waals surface area contributed by atoms with E-state index in [1.807, 2.05) is 38.1 Å². The van der Waals surface area contributed by atoms with Crippen molar-refractivity contribution in [1.29, 1.82) is 0 Å². The van der Waals surface area contributed by atoms with Crippen molar-refractivity contribution in [2.75, 3.05) is 60.3 Å². The van der Waals surface area contributed by atoms with E-state index in [-0.39, 0.29) is 35.6 Å². The van der Waals surface area contributed by atoms with Crippen LogP contribution in [0.25, 0.3) is 0 Å². The van der Waals surface area contributed by atoms with Crippen molar-refractivity contribution < 1.29 is 14.7 Å². The lowest BCUT2D eigenvalue weighted by atomic mass is 10.1. The first-order valence-corrected chi connectivity index (χ1v) is 21.6. The Morgan fingerprint density at radius 3 is 1.53 bits per heavy atom. The normalized spacial score (nSPS) is 9.98. The fourth-order valence-electron chi connectivity index (χ4n) is 4.45. The number of aldehydes is 1. The van der Waals surface area contributed by atoms with Crippen LogP contribution in [0.5, 0.6) is 0 Å². The van der Waals surface area contributed by atoms with E-state index in [0.29, 0.717) is 59.3 Å². The number of amides is 1.